The highest BCUT2D eigenvalue weighted by Crippen LogP contribution is 2.18. The van der Waals surface area contributed by atoms with E-state index in [0.717, 1.165) is 6.54 Å². The van der Waals surface area contributed by atoms with Crippen LogP contribution >= 0.6 is 0 Å². The van der Waals surface area contributed by atoms with Gasteiger partial charge in [0.05, 0.1) is 11.3 Å². The van der Waals surface area contributed by atoms with Crippen LogP contribution in [0.25, 0.3) is 0 Å². The molecule has 2 N–H and O–H groups in total. The fourth-order valence-electron chi connectivity index (χ4n) is 0.976. The lowest BCUT2D eigenvalue weighted by molar-refractivity contribution is 0.255. The zero-order valence-electron chi connectivity index (χ0n) is 8.90. The molecule has 0 saturated heterocycles. The van der Waals surface area contributed by atoms with Crippen molar-refractivity contribution >= 4 is 5.69 Å². The summed E-state index contributed by atoms with van der Waals surface area (Å²) in [4.78, 5) is 5.96. The van der Waals surface area contributed by atoms with Crippen LogP contribution in [0.4, 0.5) is 5.69 Å². The molecule has 15 heavy (non-hydrogen) atoms. The molecule has 0 saturated carbocycles. The summed E-state index contributed by atoms with van der Waals surface area (Å²) < 4.78 is 5.36. The van der Waals surface area contributed by atoms with E-state index in [1.165, 1.54) is 6.20 Å². The van der Waals surface area contributed by atoms with Gasteiger partial charge in [0.2, 0.25) is 5.88 Å². The molecule has 1 heterocycles. The van der Waals surface area contributed by atoms with E-state index in [-0.39, 0.29) is 0 Å². The number of nitrogens with zero attached hydrogens (tertiary/aromatic N) is 3. The number of nitriles is 1. The third-order valence-corrected chi connectivity index (χ3v) is 1.79. The van der Waals surface area contributed by atoms with Crippen LogP contribution < -0.4 is 10.5 Å². The molecule has 0 amide bonds. The maximum Gasteiger partial charge on any atom is 0.237 e. The van der Waals surface area contributed by atoms with E-state index in [2.05, 4.69) is 4.98 Å². The number of likely N-dealkylation sites (N-methyl/N-ethyl adjacent to an activating group) is 1. The van der Waals surface area contributed by atoms with Crippen molar-refractivity contribution in [2.75, 3.05) is 33.0 Å². The van der Waals surface area contributed by atoms with E-state index in [4.69, 9.17) is 15.7 Å². The Bertz CT molecular complexity index is 370. The summed E-state index contributed by atoms with van der Waals surface area (Å²) in [5.74, 6) is 0.385. The van der Waals surface area contributed by atoms with Gasteiger partial charge >= 0.3 is 0 Å². The van der Waals surface area contributed by atoms with Crippen molar-refractivity contribution in [2.45, 2.75) is 0 Å². The Kier molecular flexibility index (Phi) is 3.89. The first-order chi connectivity index (χ1) is 7.13. The van der Waals surface area contributed by atoms with Gasteiger partial charge in [-0.3, -0.25) is 0 Å². The highest BCUT2D eigenvalue weighted by atomic mass is 16.5. The molecule has 0 atom stereocenters. The Morgan fingerprint density at radius 3 is 2.87 bits per heavy atom. The van der Waals surface area contributed by atoms with Gasteiger partial charge < -0.3 is 15.4 Å². The highest BCUT2D eigenvalue weighted by Gasteiger charge is 2.03. The summed E-state index contributed by atoms with van der Waals surface area (Å²) >= 11 is 0. The summed E-state index contributed by atoms with van der Waals surface area (Å²) in [5.41, 5.74) is 6.50. The summed E-state index contributed by atoms with van der Waals surface area (Å²) in [6.45, 7) is 1.32. The third kappa shape index (κ3) is 3.44. The molecule has 80 valence electrons. The number of hydrogen-bond donors (Lipinski definition) is 1. The van der Waals surface area contributed by atoms with E-state index in [1.807, 2.05) is 25.1 Å². The number of aromatic nitrogens is 1. The molecule has 5 nitrogen and oxygen atoms in total. The normalized spacial score (nSPS) is 10.0. The van der Waals surface area contributed by atoms with Gasteiger partial charge in [-0.05, 0) is 20.2 Å². The lowest BCUT2D eigenvalue weighted by Crippen LogP contribution is -2.20. The highest BCUT2D eigenvalue weighted by molar-refractivity contribution is 5.51. The van der Waals surface area contributed by atoms with Crippen LogP contribution in [0.1, 0.15) is 5.56 Å². The molecule has 0 aliphatic carbocycles. The molecule has 0 aliphatic rings. The number of pyridine rings is 1. The fourth-order valence-corrected chi connectivity index (χ4v) is 0.976. The molecule has 0 aromatic carbocycles. The van der Waals surface area contributed by atoms with Crippen molar-refractivity contribution in [1.82, 2.24) is 9.88 Å². The standard InChI is InChI=1S/C10H14N4O/c1-14(2)3-4-15-10-9(12)5-8(6-11)7-13-10/h5,7H,3-4,12H2,1-2H3. The first-order valence-corrected chi connectivity index (χ1v) is 4.56. The van der Waals surface area contributed by atoms with Crippen molar-refractivity contribution < 1.29 is 4.74 Å². The number of ether oxygens (including phenoxy) is 1. The van der Waals surface area contributed by atoms with Crippen LogP contribution in [-0.4, -0.2) is 37.1 Å². The first-order valence-electron chi connectivity index (χ1n) is 4.56. The molecule has 0 fully saturated rings. The average Bonchev–Trinajstić information content (AvgIpc) is 2.20. The zero-order valence-corrected chi connectivity index (χ0v) is 8.90. The molecule has 0 aliphatic heterocycles. The van der Waals surface area contributed by atoms with Crippen molar-refractivity contribution in [3.63, 3.8) is 0 Å². The molecule has 1 aromatic heterocycles. The number of nitrogens with two attached hydrogens (primary N) is 1. The van der Waals surface area contributed by atoms with Crippen molar-refractivity contribution in [3.05, 3.63) is 17.8 Å². The van der Waals surface area contributed by atoms with E-state index in [1.54, 1.807) is 6.07 Å². The Morgan fingerprint density at radius 2 is 2.33 bits per heavy atom. The molecule has 0 spiro atoms. The molecule has 0 bridgehead atoms. The van der Waals surface area contributed by atoms with E-state index in [0.29, 0.717) is 23.7 Å². The summed E-state index contributed by atoms with van der Waals surface area (Å²) in [5, 5.41) is 8.61. The van der Waals surface area contributed by atoms with Gasteiger partial charge in [-0.2, -0.15) is 5.26 Å². The molecular formula is C10H14N4O. The van der Waals surface area contributed by atoms with Crippen LogP contribution in [-0.2, 0) is 0 Å². The van der Waals surface area contributed by atoms with Gasteiger partial charge in [0.25, 0.3) is 0 Å². The predicted octanol–water partition coefficient (Wildman–Crippen LogP) is 0.476. The minimum atomic E-state index is 0.385. The Morgan fingerprint density at radius 1 is 1.60 bits per heavy atom. The minimum absolute atomic E-state index is 0.385. The molecule has 1 aromatic rings. The SMILES string of the molecule is CN(C)CCOc1ncc(C#N)cc1N. The maximum atomic E-state index is 8.61. The third-order valence-electron chi connectivity index (χ3n) is 1.79. The molecule has 5 heteroatoms. The molecule has 0 unspecified atom stereocenters. The summed E-state index contributed by atoms with van der Waals surface area (Å²) in [6, 6.07) is 3.52. The molecule has 0 radical (unpaired) electrons. The zero-order chi connectivity index (χ0) is 11.3. The number of anilines is 1. The number of nitrogen functional groups attached to an aromatic ring is 1. The second-order valence-corrected chi connectivity index (χ2v) is 3.38. The van der Waals surface area contributed by atoms with E-state index in [9.17, 15) is 0 Å². The van der Waals surface area contributed by atoms with E-state index >= 15 is 0 Å². The van der Waals surface area contributed by atoms with Crippen LogP contribution in [0.5, 0.6) is 5.88 Å². The maximum absolute atomic E-state index is 8.61. The van der Waals surface area contributed by atoms with Crippen LogP contribution in [0, 0.1) is 11.3 Å². The van der Waals surface area contributed by atoms with Crippen molar-refractivity contribution in [1.29, 1.82) is 5.26 Å². The minimum Gasteiger partial charge on any atom is -0.475 e. The van der Waals surface area contributed by atoms with Crippen molar-refractivity contribution in [3.8, 4) is 11.9 Å². The van der Waals surface area contributed by atoms with Crippen molar-refractivity contribution in [2.24, 2.45) is 0 Å². The quantitative estimate of drug-likeness (QED) is 0.775. The largest absolute Gasteiger partial charge is 0.475 e. The van der Waals surface area contributed by atoms with Crippen LogP contribution in [0.3, 0.4) is 0 Å². The van der Waals surface area contributed by atoms with Gasteiger partial charge in [0, 0.05) is 12.7 Å². The first kappa shape index (κ1) is 11.3. The molecular weight excluding hydrogens is 192 g/mol. The number of rotatable bonds is 4. The Labute approximate surface area is 89.1 Å². The van der Waals surface area contributed by atoms with Gasteiger partial charge in [-0.25, -0.2) is 4.98 Å². The van der Waals surface area contributed by atoms with Crippen LogP contribution in [0.15, 0.2) is 12.3 Å². The predicted molar refractivity (Wildman–Crippen MR) is 57.4 cm³/mol. The molecule has 1 rings (SSSR count). The Hall–Kier alpha value is -1.80. The summed E-state index contributed by atoms with van der Waals surface area (Å²) in [7, 11) is 3.91. The van der Waals surface area contributed by atoms with Gasteiger partial charge in [-0.15, -0.1) is 0 Å². The van der Waals surface area contributed by atoms with Crippen LogP contribution in [0.2, 0.25) is 0 Å². The Balaban J connectivity index is 2.59. The average molecular weight is 206 g/mol. The second-order valence-electron chi connectivity index (χ2n) is 3.38. The lowest BCUT2D eigenvalue weighted by atomic mass is 10.3. The summed E-state index contributed by atoms with van der Waals surface area (Å²) in [6.07, 6.45) is 1.45. The number of hydrogen-bond acceptors (Lipinski definition) is 5. The smallest absolute Gasteiger partial charge is 0.237 e. The van der Waals surface area contributed by atoms with Gasteiger partial charge in [-0.1, -0.05) is 0 Å². The monoisotopic (exact) mass is 206 g/mol. The van der Waals surface area contributed by atoms with E-state index < -0.39 is 0 Å². The van der Waals surface area contributed by atoms with Gasteiger partial charge in [0.1, 0.15) is 12.7 Å². The fraction of sp³-hybridized carbons (Fsp3) is 0.400. The topological polar surface area (TPSA) is 75.2 Å². The second kappa shape index (κ2) is 5.17. The lowest BCUT2D eigenvalue weighted by Gasteiger charge is -2.11. The van der Waals surface area contributed by atoms with Gasteiger partial charge in [0.15, 0.2) is 0 Å².